The van der Waals surface area contributed by atoms with Crippen LogP contribution in [-0.4, -0.2) is 42.2 Å². The third kappa shape index (κ3) is 3.85. The Morgan fingerprint density at radius 3 is 2.90 bits per heavy atom. The predicted octanol–water partition coefficient (Wildman–Crippen LogP) is 2.25. The van der Waals surface area contributed by atoms with Crippen LogP contribution in [0.15, 0.2) is 24.3 Å². The van der Waals surface area contributed by atoms with Crippen molar-refractivity contribution in [1.82, 2.24) is 4.90 Å². The van der Waals surface area contributed by atoms with Gasteiger partial charge in [-0.2, -0.15) is 0 Å². The van der Waals surface area contributed by atoms with E-state index in [0.29, 0.717) is 13.1 Å². The number of likely N-dealkylation sites (tertiary alicyclic amines) is 1. The van der Waals surface area contributed by atoms with Crippen LogP contribution in [0, 0.1) is 12.8 Å². The minimum Gasteiger partial charge on any atom is -0.496 e. The van der Waals surface area contributed by atoms with Crippen LogP contribution in [0.5, 0.6) is 5.75 Å². The van der Waals surface area contributed by atoms with E-state index in [-0.39, 0.29) is 11.8 Å². The Labute approximate surface area is 126 Å². The molecule has 114 valence electrons. The highest BCUT2D eigenvalue weighted by atomic mass is 16.5. The second-order valence-corrected chi connectivity index (χ2v) is 5.70. The van der Waals surface area contributed by atoms with Crippen LogP contribution in [0.2, 0.25) is 0 Å². The number of piperidine rings is 1. The zero-order valence-corrected chi connectivity index (χ0v) is 12.9. The molecular formula is C17H23NO3. The van der Waals surface area contributed by atoms with E-state index in [2.05, 4.69) is 0 Å². The molecule has 0 spiro atoms. The highest BCUT2D eigenvalue weighted by Gasteiger charge is 2.26. The van der Waals surface area contributed by atoms with E-state index >= 15 is 0 Å². The first-order valence-electron chi connectivity index (χ1n) is 7.31. The SMILES string of the molecule is COc1ccc(C)cc1/C=C/C(=O)N1CCC(C)C(O)C1. The van der Waals surface area contributed by atoms with Gasteiger partial charge in [0, 0.05) is 24.7 Å². The van der Waals surface area contributed by atoms with Gasteiger partial charge in [0.15, 0.2) is 0 Å². The molecule has 2 unspecified atom stereocenters. The number of amides is 1. The number of rotatable bonds is 3. The fourth-order valence-electron chi connectivity index (χ4n) is 2.50. The highest BCUT2D eigenvalue weighted by molar-refractivity contribution is 5.92. The molecule has 2 atom stereocenters. The molecule has 1 aliphatic rings. The van der Waals surface area contributed by atoms with Gasteiger partial charge in [0.05, 0.1) is 13.2 Å². The first kappa shape index (κ1) is 15.6. The van der Waals surface area contributed by atoms with Crippen LogP contribution in [0.4, 0.5) is 0 Å². The minimum absolute atomic E-state index is 0.0653. The molecule has 0 aromatic heterocycles. The standard InChI is InChI=1S/C17H23NO3/c1-12-4-6-16(21-3)14(10-12)5-7-17(20)18-9-8-13(2)15(19)11-18/h4-7,10,13,15,19H,8-9,11H2,1-3H3/b7-5+. The molecular weight excluding hydrogens is 266 g/mol. The number of ether oxygens (including phenoxy) is 1. The van der Waals surface area contributed by atoms with Gasteiger partial charge in [-0.05, 0) is 37.5 Å². The maximum absolute atomic E-state index is 12.2. The van der Waals surface area contributed by atoms with Crippen molar-refractivity contribution in [2.24, 2.45) is 5.92 Å². The lowest BCUT2D eigenvalue weighted by Crippen LogP contribution is -2.45. The average Bonchev–Trinajstić information content (AvgIpc) is 2.47. The summed E-state index contributed by atoms with van der Waals surface area (Å²) in [5.41, 5.74) is 2.00. The van der Waals surface area contributed by atoms with Crippen LogP contribution in [0.3, 0.4) is 0 Å². The number of aliphatic hydroxyl groups is 1. The van der Waals surface area contributed by atoms with E-state index in [1.54, 1.807) is 24.2 Å². The number of β-amino-alcohol motifs (C(OH)–C–C–N with tert-alkyl or cyclic N) is 1. The van der Waals surface area contributed by atoms with Gasteiger partial charge >= 0.3 is 0 Å². The second kappa shape index (κ2) is 6.76. The van der Waals surface area contributed by atoms with Gasteiger partial charge in [0.25, 0.3) is 0 Å². The third-order valence-electron chi connectivity index (χ3n) is 4.02. The van der Waals surface area contributed by atoms with Crippen LogP contribution in [-0.2, 0) is 4.79 Å². The van der Waals surface area contributed by atoms with Crippen molar-refractivity contribution in [2.75, 3.05) is 20.2 Å². The zero-order valence-electron chi connectivity index (χ0n) is 12.9. The Balaban J connectivity index is 2.07. The van der Waals surface area contributed by atoms with Crippen molar-refractivity contribution in [3.05, 3.63) is 35.4 Å². The highest BCUT2D eigenvalue weighted by Crippen LogP contribution is 2.22. The van der Waals surface area contributed by atoms with Crippen LogP contribution in [0.1, 0.15) is 24.5 Å². The van der Waals surface area contributed by atoms with Gasteiger partial charge in [-0.25, -0.2) is 0 Å². The monoisotopic (exact) mass is 289 g/mol. The van der Waals surface area contributed by atoms with Gasteiger partial charge < -0.3 is 14.7 Å². The summed E-state index contributed by atoms with van der Waals surface area (Å²) in [7, 11) is 1.62. The molecule has 0 radical (unpaired) electrons. The number of hydrogen-bond donors (Lipinski definition) is 1. The van der Waals surface area contributed by atoms with Gasteiger partial charge in [-0.15, -0.1) is 0 Å². The molecule has 0 aliphatic carbocycles. The quantitative estimate of drug-likeness (QED) is 0.868. The summed E-state index contributed by atoms with van der Waals surface area (Å²) in [4.78, 5) is 13.9. The number of benzene rings is 1. The van der Waals surface area contributed by atoms with Crippen molar-refractivity contribution in [2.45, 2.75) is 26.4 Å². The fourth-order valence-corrected chi connectivity index (χ4v) is 2.50. The van der Waals surface area contributed by atoms with Gasteiger partial charge in [0.2, 0.25) is 5.91 Å². The van der Waals surface area contributed by atoms with E-state index < -0.39 is 6.10 Å². The lowest BCUT2D eigenvalue weighted by atomic mass is 9.96. The Morgan fingerprint density at radius 1 is 1.48 bits per heavy atom. The van der Waals surface area contributed by atoms with Crippen molar-refractivity contribution in [3.63, 3.8) is 0 Å². The molecule has 21 heavy (non-hydrogen) atoms. The molecule has 0 saturated carbocycles. The summed E-state index contributed by atoms with van der Waals surface area (Å²) < 4.78 is 5.29. The van der Waals surface area contributed by atoms with Gasteiger partial charge in [0.1, 0.15) is 5.75 Å². The Hall–Kier alpha value is -1.81. The molecule has 1 amide bonds. The average molecular weight is 289 g/mol. The smallest absolute Gasteiger partial charge is 0.246 e. The van der Waals surface area contributed by atoms with Crippen LogP contribution < -0.4 is 4.74 Å². The molecule has 4 nitrogen and oxygen atoms in total. The number of nitrogens with zero attached hydrogens (tertiary/aromatic N) is 1. The summed E-state index contributed by atoms with van der Waals surface area (Å²) in [6.45, 7) is 5.13. The predicted molar refractivity (Wildman–Crippen MR) is 83.1 cm³/mol. The molecule has 2 rings (SSSR count). The third-order valence-corrected chi connectivity index (χ3v) is 4.02. The maximum atomic E-state index is 12.2. The summed E-state index contributed by atoms with van der Waals surface area (Å²) in [5.74, 6) is 0.941. The lowest BCUT2D eigenvalue weighted by molar-refractivity contribution is -0.130. The van der Waals surface area contributed by atoms with E-state index in [1.165, 1.54) is 0 Å². The summed E-state index contributed by atoms with van der Waals surface area (Å²) in [6.07, 6.45) is 3.75. The first-order valence-corrected chi connectivity index (χ1v) is 7.31. The van der Waals surface area contributed by atoms with E-state index in [1.807, 2.05) is 32.0 Å². The second-order valence-electron chi connectivity index (χ2n) is 5.70. The summed E-state index contributed by atoms with van der Waals surface area (Å²) >= 11 is 0. The molecule has 1 aromatic rings. The molecule has 1 saturated heterocycles. The van der Waals surface area contributed by atoms with Gasteiger partial charge in [-0.3, -0.25) is 4.79 Å². The largest absolute Gasteiger partial charge is 0.496 e. The topological polar surface area (TPSA) is 49.8 Å². The molecule has 1 N–H and O–H groups in total. The summed E-state index contributed by atoms with van der Waals surface area (Å²) in [6, 6.07) is 5.85. The fraction of sp³-hybridized carbons (Fsp3) is 0.471. The van der Waals surface area contributed by atoms with Crippen molar-refractivity contribution in [1.29, 1.82) is 0 Å². The lowest BCUT2D eigenvalue weighted by Gasteiger charge is -2.33. The van der Waals surface area contributed by atoms with E-state index in [9.17, 15) is 9.90 Å². The number of aryl methyl sites for hydroxylation is 1. The van der Waals surface area contributed by atoms with Crippen LogP contribution >= 0.6 is 0 Å². The number of methoxy groups -OCH3 is 1. The van der Waals surface area contributed by atoms with Crippen molar-refractivity contribution >= 4 is 12.0 Å². The normalized spacial score (nSPS) is 22.6. The number of hydrogen-bond acceptors (Lipinski definition) is 3. The minimum atomic E-state index is -0.426. The maximum Gasteiger partial charge on any atom is 0.246 e. The molecule has 1 aromatic carbocycles. The van der Waals surface area contributed by atoms with Gasteiger partial charge in [-0.1, -0.05) is 18.6 Å². The van der Waals surface area contributed by atoms with E-state index in [0.717, 1.165) is 23.3 Å². The number of carbonyl (C=O) groups is 1. The Kier molecular flexibility index (Phi) is 5.02. The molecule has 4 heteroatoms. The van der Waals surface area contributed by atoms with Crippen LogP contribution in [0.25, 0.3) is 6.08 Å². The first-order chi connectivity index (χ1) is 10.0. The molecule has 0 bridgehead atoms. The molecule has 1 aliphatic heterocycles. The molecule has 1 heterocycles. The van der Waals surface area contributed by atoms with E-state index in [4.69, 9.17) is 4.74 Å². The van der Waals surface area contributed by atoms with Crippen molar-refractivity contribution < 1.29 is 14.6 Å². The molecule has 1 fully saturated rings. The van der Waals surface area contributed by atoms with Crippen molar-refractivity contribution in [3.8, 4) is 5.75 Å². The summed E-state index contributed by atoms with van der Waals surface area (Å²) in [5, 5.41) is 9.86. The Bertz CT molecular complexity index is 539. The zero-order chi connectivity index (χ0) is 15.4. The number of carbonyl (C=O) groups excluding carboxylic acids is 1. The number of aliphatic hydroxyl groups excluding tert-OH is 1. The Morgan fingerprint density at radius 2 is 2.24 bits per heavy atom.